The lowest BCUT2D eigenvalue weighted by molar-refractivity contribution is -0.145. The fourth-order valence-corrected chi connectivity index (χ4v) is 2.97. The van der Waals surface area contributed by atoms with Crippen molar-refractivity contribution in [1.82, 2.24) is 9.80 Å². The van der Waals surface area contributed by atoms with Gasteiger partial charge in [0, 0.05) is 20.2 Å². The number of urea groups is 1. The Labute approximate surface area is 113 Å². The van der Waals surface area contributed by atoms with Crippen LogP contribution in [0, 0.1) is 5.92 Å². The Kier molecular flexibility index (Phi) is 4.29. The van der Waals surface area contributed by atoms with Crippen LogP contribution in [-0.2, 0) is 9.53 Å². The van der Waals surface area contributed by atoms with Gasteiger partial charge in [-0.15, -0.1) is 0 Å². The molecule has 0 aromatic carbocycles. The van der Waals surface area contributed by atoms with Crippen molar-refractivity contribution < 1.29 is 19.4 Å². The number of hydrogen-bond donors (Lipinski definition) is 1. The predicted molar refractivity (Wildman–Crippen MR) is 68.9 cm³/mol. The van der Waals surface area contributed by atoms with Gasteiger partial charge in [0.25, 0.3) is 0 Å². The second-order valence-electron chi connectivity index (χ2n) is 5.51. The number of nitrogens with zero attached hydrogens (tertiary/aromatic N) is 2. The zero-order valence-electron chi connectivity index (χ0n) is 11.5. The minimum absolute atomic E-state index is 0.00317. The SMILES string of the molecule is CC1CCCN(C(=O)N(C)C2CCOC2)C1C(=O)O. The van der Waals surface area contributed by atoms with E-state index in [1.54, 1.807) is 11.9 Å². The average molecular weight is 270 g/mol. The molecule has 1 N–H and O–H groups in total. The van der Waals surface area contributed by atoms with Crippen LogP contribution in [0.2, 0.25) is 0 Å². The Morgan fingerprint density at radius 2 is 2.11 bits per heavy atom. The lowest BCUT2D eigenvalue weighted by Crippen LogP contribution is -2.56. The molecule has 0 spiro atoms. The molecule has 0 bridgehead atoms. The molecule has 6 heteroatoms. The molecular weight excluding hydrogens is 248 g/mol. The summed E-state index contributed by atoms with van der Waals surface area (Å²) in [5.74, 6) is -0.903. The molecule has 2 aliphatic heterocycles. The van der Waals surface area contributed by atoms with Gasteiger partial charge < -0.3 is 19.6 Å². The van der Waals surface area contributed by atoms with Crippen LogP contribution < -0.4 is 0 Å². The molecule has 6 nitrogen and oxygen atoms in total. The number of carboxylic acid groups (broad SMARTS) is 1. The van der Waals surface area contributed by atoms with Crippen molar-refractivity contribution in [2.24, 2.45) is 5.92 Å². The molecule has 3 unspecified atom stereocenters. The van der Waals surface area contributed by atoms with E-state index >= 15 is 0 Å². The van der Waals surface area contributed by atoms with Crippen LogP contribution >= 0.6 is 0 Å². The molecule has 0 aromatic heterocycles. The third-order valence-electron chi connectivity index (χ3n) is 4.19. The minimum atomic E-state index is -0.906. The molecule has 2 heterocycles. The van der Waals surface area contributed by atoms with Crippen LogP contribution in [-0.4, -0.2) is 65.8 Å². The van der Waals surface area contributed by atoms with Gasteiger partial charge in [-0.25, -0.2) is 9.59 Å². The highest BCUT2D eigenvalue weighted by atomic mass is 16.5. The molecule has 0 aromatic rings. The van der Waals surface area contributed by atoms with Crippen molar-refractivity contribution in [3.63, 3.8) is 0 Å². The highest BCUT2D eigenvalue weighted by Crippen LogP contribution is 2.25. The Hall–Kier alpha value is -1.30. The molecule has 2 rings (SSSR count). The number of carboxylic acids is 1. The second-order valence-corrected chi connectivity index (χ2v) is 5.51. The summed E-state index contributed by atoms with van der Waals surface area (Å²) in [6.45, 7) is 3.64. The van der Waals surface area contributed by atoms with Gasteiger partial charge in [0.1, 0.15) is 6.04 Å². The molecule has 2 amide bonds. The number of aliphatic carboxylic acids is 1. The van der Waals surface area contributed by atoms with E-state index in [9.17, 15) is 14.7 Å². The highest BCUT2D eigenvalue weighted by molar-refractivity contribution is 5.83. The molecule has 19 heavy (non-hydrogen) atoms. The highest BCUT2D eigenvalue weighted by Gasteiger charge is 2.39. The third kappa shape index (κ3) is 2.83. The van der Waals surface area contributed by atoms with Gasteiger partial charge in [0.15, 0.2) is 0 Å². The van der Waals surface area contributed by atoms with Gasteiger partial charge >= 0.3 is 12.0 Å². The number of hydrogen-bond acceptors (Lipinski definition) is 3. The number of amides is 2. The van der Waals surface area contributed by atoms with Gasteiger partial charge in [0.05, 0.1) is 12.6 Å². The van der Waals surface area contributed by atoms with E-state index in [-0.39, 0.29) is 18.0 Å². The zero-order chi connectivity index (χ0) is 14.0. The number of likely N-dealkylation sites (tertiary alicyclic amines) is 1. The first-order chi connectivity index (χ1) is 9.02. The fraction of sp³-hybridized carbons (Fsp3) is 0.846. The summed E-state index contributed by atoms with van der Waals surface area (Å²) in [4.78, 5) is 27.0. The minimum Gasteiger partial charge on any atom is -0.480 e. The smallest absolute Gasteiger partial charge is 0.326 e. The Balaban J connectivity index is 2.08. The zero-order valence-corrected chi connectivity index (χ0v) is 11.5. The number of likely N-dealkylation sites (N-methyl/N-ethyl adjacent to an activating group) is 1. The van der Waals surface area contributed by atoms with Crippen molar-refractivity contribution in [3.8, 4) is 0 Å². The average Bonchev–Trinajstić information content (AvgIpc) is 2.90. The number of piperidine rings is 1. The summed E-state index contributed by atoms with van der Waals surface area (Å²) in [6.07, 6.45) is 2.55. The van der Waals surface area contributed by atoms with Gasteiger partial charge in [0.2, 0.25) is 0 Å². The van der Waals surface area contributed by atoms with Crippen LogP contribution in [0.1, 0.15) is 26.2 Å². The summed E-state index contributed by atoms with van der Waals surface area (Å²) in [7, 11) is 1.74. The van der Waals surface area contributed by atoms with Crippen molar-refractivity contribution >= 4 is 12.0 Å². The maximum atomic E-state index is 12.5. The van der Waals surface area contributed by atoms with Crippen LogP contribution in [0.3, 0.4) is 0 Å². The van der Waals surface area contributed by atoms with E-state index in [1.807, 2.05) is 6.92 Å². The van der Waals surface area contributed by atoms with Crippen molar-refractivity contribution in [2.75, 3.05) is 26.8 Å². The first-order valence-corrected chi connectivity index (χ1v) is 6.86. The van der Waals surface area contributed by atoms with E-state index in [2.05, 4.69) is 0 Å². The molecule has 108 valence electrons. The molecule has 2 fully saturated rings. The lowest BCUT2D eigenvalue weighted by Gasteiger charge is -2.40. The first kappa shape index (κ1) is 14.1. The fourth-order valence-electron chi connectivity index (χ4n) is 2.97. The quantitative estimate of drug-likeness (QED) is 0.813. The Morgan fingerprint density at radius 1 is 1.37 bits per heavy atom. The van der Waals surface area contributed by atoms with E-state index in [1.165, 1.54) is 4.90 Å². The van der Waals surface area contributed by atoms with E-state index in [0.717, 1.165) is 19.3 Å². The molecule has 0 aliphatic carbocycles. The monoisotopic (exact) mass is 270 g/mol. The van der Waals surface area contributed by atoms with Gasteiger partial charge in [-0.2, -0.15) is 0 Å². The summed E-state index contributed by atoms with van der Waals surface area (Å²) < 4.78 is 5.28. The van der Waals surface area contributed by atoms with Crippen molar-refractivity contribution in [2.45, 2.75) is 38.3 Å². The number of ether oxygens (including phenoxy) is 1. The topological polar surface area (TPSA) is 70.1 Å². The van der Waals surface area contributed by atoms with Crippen molar-refractivity contribution in [1.29, 1.82) is 0 Å². The lowest BCUT2D eigenvalue weighted by atomic mass is 9.91. The van der Waals surface area contributed by atoms with E-state index in [4.69, 9.17) is 4.74 Å². The van der Waals surface area contributed by atoms with E-state index in [0.29, 0.717) is 19.8 Å². The summed E-state index contributed by atoms with van der Waals surface area (Å²) in [5.41, 5.74) is 0. The molecular formula is C13H22N2O4. The van der Waals surface area contributed by atoms with Crippen LogP contribution in [0.5, 0.6) is 0 Å². The largest absolute Gasteiger partial charge is 0.480 e. The molecule has 2 saturated heterocycles. The number of rotatable bonds is 2. The summed E-state index contributed by atoms with van der Waals surface area (Å²) >= 11 is 0. The molecule has 0 saturated carbocycles. The van der Waals surface area contributed by atoms with Crippen LogP contribution in [0.25, 0.3) is 0 Å². The van der Waals surface area contributed by atoms with Gasteiger partial charge in [-0.3, -0.25) is 0 Å². The molecule has 3 atom stereocenters. The van der Waals surface area contributed by atoms with Crippen LogP contribution in [0.15, 0.2) is 0 Å². The predicted octanol–water partition coefficient (Wildman–Crippen LogP) is 1.01. The number of carbonyl (C=O) groups is 2. The summed E-state index contributed by atoms with van der Waals surface area (Å²) in [6, 6.07) is -0.820. The van der Waals surface area contributed by atoms with Gasteiger partial charge in [-0.05, 0) is 25.2 Å². The maximum absolute atomic E-state index is 12.5. The first-order valence-electron chi connectivity index (χ1n) is 6.86. The second kappa shape index (κ2) is 5.77. The third-order valence-corrected chi connectivity index (χ3v) is 4.19. The maximum Gasteiger partial charge on any atom is 0.326 e. The normalized spacial score (nSPS) is 31.3. The summed E-state index contributed by atoms with van der Waals surface area (Å²) in [5, 5.41) is 9.34. The van der Waals surface area contributed by atoms with Gasteiger partial charge in [-0.1, -0.05) is 6.92 Å². The molecule has 0 radical (unpaired) electrons. The Bertz CT molecular complexity index is 355. The standard InChI is InChI=1S/C13H22N2O4/c1-9-4-3-6-15(11(9)12(16)17)13(18)14(2)10-5-7-19-8-10/h9-11H,3-8H2,1-2H3,(H,16,17). The van der Waals surface area contributed by atoms with Crippen LogP contribution in [0.4, 0.5) is 4.79 Å². The van der Waals surface area contributed by atoms with Crippen molar-refractivity contribution in [3.05, 3.63) is 0 Å². The number of carbonyl (C=O) groups excluding carboxylic acids is 1. The van der Waals surface area contributed by atoms with E-state index < -0.39 is 12.0 Å². The molecule has 2 aliphatic rings. The Morgan fingerprint density at radius 3 is 2.68 bits per heavy atom.